The second kappa shape index (κ2) is 6.12. The smallest absolute Gasteiger partial charge is 0.253 e. The van der Waals surface area contributed by atoms with Crippen LogP contribution in [-0.2, 0) is 0 Å². The highest BCUT2D eigenvalue weighted by Crippen LogP contribution is 2.16. The van der Waals surface area contributed by atoms with E-state index in [1.807, 2.05) is 0 Å². The molecular formula is C12H15BrFNO2. The zero-order valence-electron chi connectivity index (χ0n) is 9.78. The van der Waals surface area contributed by atoms with Crippen LogP contribution in [0.2, 0.25) is 0 Å². The van der Waals surface area contributed by atoms with Crippen LogP contribution >= 0.6 is 15.9 Å². The van der Waals surface area contributed by atoms with Crippen molar-refractivity contribution in [3.05, 3.63) is 34.1 Å². The number of amides is 1. The summed E-state index contributed by atoms with van der Waals surface area (Å²) in [5, 5.41) is 9.14. The second-order valence-electron chi connectivity index (χ2n) is 4.02. The van der Waals surface area contributed by atoms with Gasteiger partial charge in [0.15, 0.2) is 0 Å². The Kier molecular flexibility index (Phi) is 5.08. The number of carbonyl (C=O) groups excluding carboxylic acids is 1. The van der Waals surface area contributed by atoms with Crippen molar-refractivity contribution >= 4 is 21.8 Å². The van der Waals surface area contributed by atoms with Crippen LogP contribution in [0, 0.1) is 5.82 Å². The summed E-state index contributed by atoms with van der Waals surface area (Å²) in [6, 6.07) is 4.07. The van der Waals surface area contributed by atoms with Crippen molar-refractivity contribution in [3.8, 4) is 0 Å². The summed E-state index contributed by atoms with van der Waals surface area (Å²) in [4.78, 5) is 13.4. The van der Waals surface area contributed by atoms with Crippen LogP contribution < -0.4 is 0 Å². The third-order valence-electron chi connectivity index (χ3n) is 2.34. The predicted octanol–water partition coefficient (Wildman–Crippen LogP) is 2.43. The average molecular weight is 304 g/mol. The lowest BCUT2D eigenvalue weighted by Crippen LogP contribution is -2.29. The van der Waals surface area contributed by atoms with Crippen LogP contribution in [0.4, 0.5) is 4.39 Å². The Hall–Kier alpha value is -0.940. The lowest BCUT2D eigenvalue weighted by molar-refractivity contribution is 0.0768. The molecule has 0 aliphatic rings. The van der Waals surface area contributed by atoms with Crippen LogP contribution in [0.25, 0.3) is 0 Å². The number of rotatable bonds is 4. The number of carbonyl (C=O) groups is 1. The van der Waals surface area contributed by atoms with E-state index in [0.29, 0.717) is 23.0 Å². The molecule has 1 amide bonds. The van der Waals surface area contributed by atoms with E-state index in [9.17, 15) is 9.18 Å². The number of nitrogens with zero attached hydrogens (tertiary/aromatic N) is 1. The minimum atomic E-state index is -0.454. The average Bonchev–Trinajstić information content (AvgIpc) is 2.23. The van der Waals surface area contributed by atoms with Crippen molar-refractivity contribution in [2.75, 3.05) is 13.6 Å². The first-order chi connectivity index (χ1) is 7.90. The Bertz CT molecular complexity index is 389. The first-order valence-electron chi connectivity index (χ1n) is 5.29. The summed E-state index contributed by atoms with van der Waals surface area (Å²) < 4.78 is 13.7. The Labute approximate surface area is 108 Å². The molecule has 3 nitrogen and oxygen atoms in total. The molecule has 0 aliphatic carbocycles. The molecule has 1 unspecified atom stereocenters. The topological polar surface area (TPSA) is 40.5 Å². The standard InChI is InChI=1S/C12H15BrFNO2/c1-8(16)3-4-15(2)12(17)9-5-10(13)7-11(14)6-9/h5-8,16H,3-4H2,1-2H3. The van der Waals surface area contributed by atoms with Crippen LogP contribution in [0.1, 0.15) is 23.7 Å². The van der Waals surface area contributed by atoms with Gasteiger partial charge in [0.2, 0.25) is 0 Å². The summed E-state index contributed by atoms with van der Waals surface area (Å²) in [5.41, 5.74) is 0.296. The van der Waals surface area contributed by atoms with Crippen LogP contribution in [0.15, 0.2) is 22.7 Å². The van der Waals surface area contributed by atoms with Gasteiger partial charge in [-0.3, -0.25) is 4.79 Å². The molecule has 17 heavy (non-hydrogen) atoms. The lowest BCUT2D eigenvalue weighted by atomic mass is 10.2. The van der Waals surface area contributed by atoms with E-state index in [4.69, 9.17) is 5.11 Å². The number of halogens is 2. The molecule has 1 aromatic rings. The molecule has 0 aliphatic heterocycles. The van der Waals surface area contributed by atoms with Gasteiger partial charge in [-0.05, 0) is 31.5 Å². The fourth-order valence-corrected chi connectivity index (χ4v) is 1.85. The fourth-order valence-electron chi connectivity index (χ4n) is 1.38. The molecule has 0 saturated heterocycles. The molecule has 0 spiro atoms. The molecule has 1 aromatic carbocycles. The minimum Gasteiger partial charge on any atom is -0.393 e. The number of aliphatic hydroxyl groups is 1. The Morgan fingerprint density at radius 2 is 2.18 bits per heavy atom. The summed E-state index contributed by atoms with van der Waals surface area (Å²) in [6.45, 7) is 2.10. The Morgan fingerprint density at radius 1 is 1.53 bits per heavy atom. The van der Waals surface area contributed by atoms with Gasteiger partial charge in [0.25, 0.3) is 5.91 Å². The SMILES string of the molecule is CC(O)CCN(C)C(=O)c1cc(F)cc(Br)c1. The highest BCUT2D eigenvalue weighted by atomic mass is 79.9. The molecular weight excluding hydrogens is 289 g/mol. The first kappa shape index (κ1) is 14.1. The van der Waals surface area contributed by atoms with E-state index in [-0.39, 0.29) is 5.91 Å². The highest BCUT2D eigenvalue weighted by molar-refractivity contribution is 9.10. The van der Waals surface area contributed by atoms with Gasteiger partial charge in [-0.2, -0.15) is 0 Å². The zero-order valence-corrected chi connectivity index (χ0v) is 11.4. The quantitative estimate of drug-likeness (QED) is 0.928. The molecule has 0 radical (unpaired) electrons. The van der Waals surface area contributed by atoms with Crippen molar-refractivity contribution in [1.82, 2.24) is 4.90 Å². The van der Waals surface area contributed by atoms with Crippen LogP contribution in [0.5, 0.6) is 0 Å². The third-order valence-corrected chi connectivity index (χ3v) is 2.80. The van der Waals surface area contributed by atoms with E-state index >= 15 is 0 Å². The number of aliphatic hydroxyl groups excluding tert-OH is 1. The summed E-state index contributed by atoms with van der Waals surface area (Å²) in [5.74, 6) is -0.711. The minimum absolute atomic E-state index is 0.258. The fraction of sp³-hybridized carbons (Fsp3) is 0.417. The van der Waals surface area contributed by atoms with E-state index in [1.165, 1.54) is 17.0 Å². The predicted molar refractivity (Wildman–Crippen MR) is 67.4 cm³/mol. The van der Waals surface area contributed by atoms with Gasteiger partial charge in [-0.25, -0.2) is 4.39 Å². The number of hydrogen-bond acceptors (Lipinski definition) is 2. The maximum atomic E-state index is 13.1. The molecule has 0 heterocycles. The molecule has 1 rings (SSSR count). The monoisotopic (exact) mass is 303 g/mol. The lowest BCUT2D eigenvalue weighted by Gasteiger charge is -2.18. The van der Waals surface area contributed by atoms with Gasteiger partial charge in [0.05, 0.1) is 6.10 Å². The van der Waals surface area contributed by atoms with E-state index in [0.717, 1.165) is 0 Å². The first-order valence-corrected chi connectivity index (χ1v) is 6.09. The van der Waals surface area contributed by atoms with Crippen molar-refractivity contribution in [2.45, 2.75) is 19.4 Å². The van der Waals surface area contributed by atoms with Crippen molar-refractivity contribution < 1.29 is 14.3 Å². The maximum Gasteiger partial charge on any atom is 0.253 e. The van der Waals surface area contributed by atoms with Gasteiger partial charge in [0.1, 0.15) is 5.82 Å². The Balaban J connectivity index is 2.74. The van der Waals surface area contributed by atoms with Crippen LogP contribution in [-0.4, -0.2) is 35.6 Å². The van der Waals surface area contributed by atoms with Gasteiger partial charge in [0, 0.05) is 23.6 Å². The molecule has 5 heteroatoms. The molecule has 0 aromatic heterocycles. The van der Waals surface area contributed by atoms with Crippen molar-refractivity contribution in [3.63, 3.8) is 0 Å². The van der Waals surface area contributed by atoms with Gasteiger partial charge >= 0.3 is 0 Å². The molecule has 94 valence electrons. The van der Waals surface area contributed by atoms with Crippen molar-refractivity contribution in [1.29, 1.82) is 0 Å². The normalized spacial score (nSPS) is 12.3. The second-order valence-corrected chi connectivity index (χ2v) is 4.94. The zero-order chi connectivity index (χ0) is 13.0. The van der Waals surface area contributed by atoms with Gasteiger partial charge in [-0.1, -0.05) is 15.9 Å². The van der Waals surface area contributed by atoms with Crippen molar-refractivity contribution in [2.24, 2.45) is 0 Å². The third kappa shape index (κ3) is 4.44. The summed E-state index contributed by atoms with van der Waals surface area (Å²) in [6.07, 6.45) is 0.0446. The highest BCUT2D eigenvalue weighted by Gasteiger charge is 2.13. The molecule has 1 atom stereocenters. The van der Waals surface area contributed by atoms with E-state index in [1.54, 1.807) is 20.0 Å². The van der Waals surface area contributed by atoms with E-state index < -0.39 is 11.9 Å². The van der Waals surface area contributed by atoms with Crippen LogP contribution in [0.3, 0.4) is 0 Å². The van der Waals surface area contributed by atoms with Gasteiger partial charge < -0.3 is 10.0 Å². The maximum absolute atomic E-state index is 13.1. The molecule has 0 bridgehead atoms. The number of hydrogen-bond donors (Lipinski definition) is 1. The molecule has 1 N–H and O–H groups in total. The number of benzene rings is 1. The summed E-state index contributed by atoms with van der Waals surface area (Å²) in [7, 11) is 1.63. The Morgan fingerprint density at radius 3 is 2.71 bits per heavy atom. The molecule has 0 fully saturated rings. The molecule has 0 saturated carbocycles. The largest absolute Gasteiger partial charge is 0.393 e. The van der Waals surface area contributed by atoms with Gasteiger partial charge in [-0.15, -0.1) is 0 Å². The summed E-state index contributed by atoms with van der Waals surface area (Å²) >= 11 is 3.14. The van der Waals surface area contributed by atoms with E-state index in [2.05, 4.69) is 15.9 Å².